The molecular weight excluding hydrogens is 1360 g/mol. The predicted octanol–water partition coefficient (Wildman–Crippen LogP) is 8.28. The average Bonchev–Trinajstić information content (AvgIpc) is 1.64. The van der Waals surface area contributed by atoms with Crippen molar-refractivity contribution in [1.82, 2.24) is 44.3 Å². The Morgan fingerprint density at radius 1 is 0.526 bits per heavy atom. The number of aromatic nitrogens is 9. The molecule has 0 bridgehead atoms. The molecule has 3 aliphatic rings. The molecule has 11 rings (SSSR count). The van der Waals surface area contributed by atoms with Crippen LogP contribution in [0.4, 0.5) is 57.0 Å². The van der Waals surface area contributed by atoms with Crippen molar-refractivity contribution in [2.75, 3.05) is 34.7 Å². The molecule has 0 atom stereocenters. The maximum Gasteiger partial charge on any atom is 1.00 e. The first kappa shape index (κ1) is 75.9. The second-order valence-electron chi connectivity index (χ2n) is 22.1. The minimum atomic E-state index is -4.82. The molecule has 3 saturated carbocycles. The van der Waals surface area contributed by atoms with Crippen LogP contribution in [0.3, 0.4) is 0 Å². The number of sulfone groups is 3. The van der Waals surface area contributed by atoms with Gasteiger partial charge in [0.05, 0.1) is 32.0 Å². The van der Waals surface area contributed by atoms with E-state index in [0.29, 0.717) is 11.5 Å². The van der Waals surface area contributed by atoms with E-state index in [-0.39, 0.29) is 111 Å². The van der Waals surface area contributed by atoms with E-state index >= 15 is 0 Å². The molecule has 37 heteroatoms. The monoisotopic (exact) mass is 1430 g/mol. The van der Waals surface area contributed by atoms with Crippen molar-refractivity contribution in [1.29, 1.82) is 5.26 Å². The number of anilines is 3. The van der Waals surface area contributed by atoms with E-state index in [4.69, 9.17) is 10.7 Å². The fourth-order valence-corrected chi connectivity index (χ4v) is 11.9. The SMILES string of the molecule is CS(=O)(=O)c1ccc(-n2nc(C(F)(F)F)c(C#N)c2NC2CCCC2)nc1.CS(=O)(=O)c1ccc(-n2nc(C(F)(F)F)c(C=NOc3ccccc3)c2NC2CCCC2)nc1.CS(=O)(=O)c1ccc(-n2nc(C(F)(F)F)c(C=O)c2NC2CCCC2)nc1.NOc1ccccc1.[H-].[Na+]. The fourth-order valence-electron chi connectivity index (χ4n) is 10.2. The van der Waals surface area contributed by atoms with Crippen LogP contribution in [0, 0.1) is 11.3 Å². The Hall–Kier alpha value is -8.47. The van der Waals surface area contributed by atoms with Crippen LogP contribution >= 0.6 is 0 Å². The zero-order valence-corrected chi connectivity index (χ0v) is 56.6. The van der Waals surface area contributed by atoms with E-state index in [1.54, 1.807) is 48.5 Å². The van der Waals surface area contributed by atoms with Gasteiger partial charge in [-0.15, -0.1) is 0 Å². The molecule has 5 N–H and O–H groups in total. The molecular formula is C60H63F9N15NaO9S3. The van der Waals surface area contributed by atoms with Gasteiger partial charge in [-0.25, -0.2) is 40.2 Å². The summed E-state index contributed by atoms with van der Waals surface area (Å²) in [4.78, 5) is 32.7. The molecule has 0 saturated heterocycles. The third-order valence-electron chi connectivity index (χ3n) is 14.9. The number of aldehydes is 1. The van der Waals surface area contributed by atoms with Gasteiger partial charge in [0.2, 0.25) is 0 Å². The number of oxime groups is 1. The molecule has 97 heavy (non-hydrogen) atoms. The molecule has 0 aliphatic heterocycles. The van der Waals surface area contributed by atoms with Crippen molar-refractivity contribution in [3.63, 3.8) is 0 Å². The van der Waals surface area contributed by atoms with Gasteiger partial charge in [-0.2, -0.15) is 80.0 Å². The smallest absolute Gasteiger partial charge is 1.00 e. The molecule has 0 unspecified atom stereocenters. The number of rotatable bonds is 17. The van der Waals surface area contributed by atoms with Gasteiger partial charge in [-0.1, -0.05) is 80.1 Å². The minimum absolute atomic E-state index is 0. The van der Waals surface area contributed by atoms with Crippen molar-refractivity contribution in [3.05, 3.63) is 149 Å². The second kappa shape index (κ2) is 32.3. The standard InChI is InChI=1S/C22H22F3N5O3S.C16H16F3N5O2S.C16H17F3N4O3S.C6H7NO.Na.H/c1-34(31,32)17-11-12-19(26-13-17)30-21(28-15-7-5-6-8-15)18(20(29-30)22(23,24)25)14-27-33-16-9-3-2-4-10-16;1-27(25,26)11-6-7-13(21-9-11)24-15(22-10-4-2-3-5-10)12(8-20)14(23-24)16(17,18)19;1-27(25,26)11-6-7-13(20-8-11)23-15(21-10-4-2-3-5-10)12(9-24)14(22-23)16(17,18)19;7-8-6-4-2-1-3-5-6;;/h2-4,9-15,28H,5-8H2,1H3;6-7,9-10,22H,2-5H2,1H3;6-10,21H,2-5H2,1H3;1-5H,7H2;;/q;;;;+1;-1. The number of carbonyl (C=O) groups is 1. The first-order valence-electron chi connectivity index (χ1n) is 29.2. The summed E-state index contributed by atoms with van der Waals surface area (Å²) in [6.07, 6.45) is 3.25. The fraction of sp³-hybridized carbons (Fsp3) is 0.350. The number of nitriles is 1. The summed E-state index contributed by atoms with van der Waals surface area (Å²) < 4.78 is 194. The molecule has 2 aromatic carbocycles. The molecule has 0 amide bonds. The number of para-hydroxylation sites is 2. The number of hydrogen-bond donors (Lipinski definition) is 4. The summed E-state index contributed by atoms with van der Waals surface area (Å²) >= 11 is 0. The zero-order valence-electron chi connectivity index (χ0n) is 53.1. The quantitative estimate of drug-likeness (QED) is 0.0219. The topological polar surface area (TPSA) is 328 Å². The number of pyridine rings is 3. The minimum Gasteiger partial charge on any atom is -1.00 e. The Kier molecular flexibility index (Phi) is 25.2. The van der Waals surface area contributed by atoms with Crippen LogP contribution in [-0.2, 0) is 48.0 Å². The molecule has 514 valence electrons. The van der Waals surface area contributed by atoms with Crippen LogP contribution in [0.2, 0.25) is 0 Å². The predicted molar refractivity (Wildman–Crippen MR) is 333 cm³/mol. The largest absolute Gasteiger partial charge is 1.00 e. The van der Waals surface area contributed by atoms with Crippen molar-refractivity contribution in [2.45, 2.75) is 128 Å². The number of benzene rings is 2. The van der Waals surface area contributed by atoms with E-state index in [9.17, 15) is 74.8 Å². The normalized spacial score (nSPS) is 14.8. The van der Waals surface area contributed by atoms with Crippen molar-refractivity contribution in [3.8, 4) is 35.0 Å². The first-order chi connectivity index (χ1) is 45.3. The van der Waals surface area contributed by atoms with Gasteiger partial charge in [0.1, 0.15) is 34.8 Å². The van der Waals surface area contributed by atoms with E-state index in [1.807, 2.05) is 18.2 Å². The number of hydrogen-bond acceptors (Lipinski definition) is 21. The number of nitrogens with one attached hydrogen (secondary N) is 3. The Labute approximate surface area is 574 Å². The van der Waals surface area contributed by atoms with Crippen LogP contribution < -0.4 is 61.1 Å². The van der Waals surface area contributed by atoms with Crippen LogP contribution in [0.1, 0.15) is 117 Å². The maximum atomic E-state index is 13.9. The summed E-state index contributed by atoms with van der Waals surface area (Å²) in [6.45, 7) is 0. The van der Waals surface area contributed by atoms with E-state index in [2.05, 4.69) is 56.2 Å². The molecule has 6 aromatic heterocycles. The van der Waals surface area contributed by atoms with Crippen molar-refractivity contribution in [2.24, 2.45) is 11.1 Å². The van der Waals surface area contributed by atoms with Crippen LogP contribution in [0.15, 0.2) is 135 Å². The Bertz CT molecular complexity index is 4400. The molecule has 0 radical (unpaired) electrons. The summed E-state index contributed by atoms with van der Waals surface area (Å²) in [5.74, 6) is 5.76. The molecule has 24 nitrogen and oxygen atoms in total. The molecule has 0 spiro atoms. The van der Waals surface area contributed by atoms with Crippen LogP contribution in [0.25, 0.3) is 17.5 Å². The summed E-state index contributed by atoms with van der Waals surface area (Å²) in [5.41, 5.74) is -5.29. The Morgan fingerprint density at radius 3 is 1.16 bits per heavy atom. The number of carbonyl (C=O) groups excluding carboxylic acids is 1. The molecule has 3 aliphatic carbocycles. The third-order valence-corrected chi connectivity index (χ3v) is 18.2. The van der Waals surface area contributed by atoms with Gasteiger partial charge in [0.15, 0.2) is 76.1 Å². The van der Waals surface area contributed by atoms with Gasteiger partial charge in [-0.3, -0.25) is 4.79 Å². The Balaban J connectivity index is 0.000000218. The van der Waals surface area contributed by atoms with E-state index in [1.165, 1.54) is 36.4 Å². The second-order valence-corrected chi connectivity index (χ2v) is 28.1. The maximum absolute atomic E-state index is 13.9. The molecule has 8 aromatic rings. The summed E-state index contributed by atoms with van der Waals surface area (Å²) in [7, 11) is -10.5. The van der Waals surface area contributed by atoms with Crippen LogP contribution in [-0.4, -0.2) is 119 Å². The summed E-state index contributed by atoms with van der Waals surface area (Å²) in [5, 5.41) is 33.1. The van der Waals surface area contributed by atoms with Gasteiger partial charge < -0.3 is 27.1 Å². The van der Waals surface area contributed by atoms with Gasteiger partial charge >= 0.3 is 48.1 Å². The number of alkyl halides is 9. The average molecular weight is 1430 g/mol. The van der Waals surface area contributed by atoms with Gasteiger partial charge in [-0.05, 0) is 99.2 Å². The van der Waals surface area contributed by atoms with Gasteiger partial charge in [0.25, 0.3) is 0 Å². The first-order valence-corrected chi connectivity index (χ1v) is 34.9. The van der Waals surface area contributed by atoms with Crippen molar-refractivity contribution >= 4 is 59.5 Å². The number of nitrogens with two attached hydrogens (primary N) is 1. The van der Waals surface area contributed by atoms with E-state index < -0.39 is 76.2 Å². The Morgan fingerprint density at radius 2 is 0.856 bits per heavy atom. The zero-order chi connectivity index (χ0) is 69.8. The molecule has 6 heterocycles. The van der Waals surface area contributed by atoms with Crippen molar-refractivity contribution < 1.29 is 110 Å². The number of halogens is 9. The summed E-state index contributed by atoms with van der Waals surface area (Å²) in [6, 6.07) is 26.6. The molecule has 3 fully saturated rings. The van der Waals surface area contributed by atoms with E-state index in [0.717, 1.165) is 135 Å². The third kappa shape index (κ3) is 20.1. The van der Waals surface area contributed by atoms with Gasteiger partial charge in [0, 0.05) is 55.5 Å². The number of nitrogens with zero attached hydrogens (tertiary/aromatic N) is 11. The van der Waals surface area contributed by atoms with Crippen LogP contribution in [0.5, 0.6) is 11.5 Å².